The molecular formula is C29H40N8. The third kappa shape index (κ3) is 4.97. The van der Waals surface area contributed by atoms with Crippen LogP contribution < -0.4 is 21.7 Å². The van der Waals surface area contributed by atoms with E-state index in [1.54, 1.807) is 6.20 Å². The summed E-state index contributed by atoms with van der Waals surface area (Å²) in [6.07, 6.45) is 4.59. The maximum atomic E-state index is 6.33. The van der Waals surface area contributed by atoms with Gasteiger partial charge in [0.1, 0.15) is 12.0 Å². The van der Waals surface area contributed by atoms with Crippen LogP contribution in [0.15, 0.2) is 54.7 Å². The zero-order valence-corrected chi connectivity index (χ0v) is 22.3. The van der Waals surface area contributed by atoms with E-state index in [0.717, 1.165) is 67.6 Å². The first-order valence-corrected chi connectivity index (χ1v) is 13.3. The number of hydrogen-bond donors (Lipinski definition) is 3. The van der Waals surface area contributed by atoms with Crippen molar-refractivity contribution >= 4 is 17.6 Å². The Morgan fingerprint density at radius 2 is 1.84 bits per heavy atom. The van der Waals surface area contributed by atoms with Crippen molar-refractivity contribution in [1.82, 2.24) is 19.4 Å². The van der Waals surface area contributed by atoms with Gasteiger partial charge in [0.2, 0.25) is 0 Å². The number of imidazole rings is 1. The third-order valence-corrected chi connectivity index (χ3v) is 7.84. The molecule has 0 aliphatic carbocycles. The van der Waals surface area contributed by atoms with Gasteiger partial charge in [-0.3, -0.25) is 0 Å². The molecule has 1 saturated heterocycles. The maximum absolute atomic E-state index is 6.33. The molecule has 0 radical (unpaired) electrons. The van der Waals surface area contributed by atoms with E-state index < -0.39 is 0 Å². The Hall–Kier alpha value is -3.33. The second-order valence-corrected chi connectivity index (χ2v) is 10.2. The van der Waals surface area contributed by atoms with Crippen LogP contribution in [-0.2, 0) is 6.54 Å². The predicted molar refractivity (Wildman–Crippen MR) is 153 cm³/mol. The molecule has 3 aromatic rings. The zero-order chi connectivity index (χ0) is 25.9. The summed E-state index contributed by atoms with van der Waals surface area (Å²) in [6, 6.07) is 17.1. The van der Waals surface area contributed by atoms with Crippen molar-refractivity contribution < 1.29 is 0 Å². The second-order valence-electron chi connectivity index (χ2n) is 10.2. The summed E-state index contributed by atoms with van der Waals surface area (Å²) in [7, 11) is 4.32. The average molecular weight is 501 g/mol. The number of hydrogen-bond acceptors (Lipinski definition) is 7. The standard InChI is InChI=1S/C29H40N8/c1-4-21(20-36-16-14-34(2)15-17-36)29-33-27(26(19-31)37(29)13-12-30)23-10-11-25-24(18-23)32-28(35(25)3)22-8-6-5-7-9-22/h5-13,18,21,28,32H,4,14-17,19-20,30-31H2,1-3H3/b13-12-. The molecule has 1 aromatic heterocycles. The molecule has 2 aromatic carbocycles. The summed E-state index contributed by atoms with van der Waals surface area (Å²) in [6.45, 7) is 7.99. The van der Waals surface area contributed by atoms with Gasteiger partial charge in [-0.1, -0.05) is 43.3 Å². The zero-order valence-electron chi connectivity index (χ0n) is 22.3. The van der Waals surface area contributed by atoms with Crippen LogP contribution >= 0.6 is 0 Å². The molecule has 5 N–H and O–H groups in total. The highest BCUT2D eigenvalue weighted by molar-refractivity contribution is 5.82. The SMILES string of the molecule is CCC(CN1CCN(C)CC1)c1nc(-c2ccc3c(c2)NC(c2ccccc2)N3C)c(CN)n1/C=C\N. The summed E-state index contributed by atoms with van der Waals surface area (Å²) >= 11 is 0. The Morgan fingerprint density at radius 3 is 2.51 bits per heavy atom. The quantitative estimate of drug-likeness (QED) is 0.434. The molecule has 37 heavy (non-hydrogen) atoms. The van der Waals surface area contributed by atoms with Gasteiger partial charge in [0.25, 0.3) is 0 Å². The van der Waals surface area contributed by atoms with Crippen LogP contribution in [0.5, 0.6) is 0 Å². The number of aromatic nitrogens is 2. The lowest BCUT2D eigenvalue weighted by Gasteiger charge is -2.34. The first kappa shape index (κ1) is 25.3. The number of fused-ring (bicyclic) bond motifs is 1. The Labute approximate surface area is 220 Å². The highest BCUT2D eigenvalue weighted by Crippen LogP contribution is 2.42. The number of anilines is 2. The van der Waals surface area contributed by atoms with E-state index in [4.69, 9.17) is 16.5 Å². The minimum Gasteiger partial charge on any atom is -0.403 e. The van der Waals surface area contributed by atoms with Gasteiger partial charge >= 0.3 is 0 Å². The van der Waals surface area contributed by atoms with E-state index in [9.17, 15) is 0 Å². The minimum absolute atomic E-state index is 0.0989. The van der Waals surface area contributed by atoms with Crippen LogP contribution in [0, 0.1) is 0 Å². The number of nitrogens with two attached hydrogens (primary N) is 2. The van der Waals surface area contributed by atoms with Crippen LogP contribution in [0.1, 0.15) is 42.5 Å². The predicted octanol–water partition coefficient (Wildman–Crippen LogP) is 3.70. The molecule has 8 nitrogen and oxygen atoms in total. The summed E-state index contributed by atoms with van der Waals surface area (Å²) in [5, 5.41) is 3.70. The number of piperazine rings is 1. The number of nitrogens with zero attached hydrogens (tertiary/aromatic N) is 5. The van der Waals surface area contributed by atoms with Gasteiger partial charge in [-0.05, 0) is 31.2 Å². The van der Waals surface area contributed by atoms with Gasteiger partial charge < -0.3 is 36.1 Å². The molecule has 0 bridgehead atoms. The molecule has 2 atom stereocenters. The van der Waals surface area contributed by atoms with Gasteiger partial charge in [-0.15, -0.1) is 0 Å². The van der Waals surface area contributed by atoms with Crippen LogP contribution in [0.4, 0.5) is 11.4 Å². The Balaban J connectivity index is 1.48. The highest BCUT2D eigenvalue weighted by atomic mass is 15.3. The Morgan fingerprint density at radius 1 is 1.08 bits per heavy atom. The number of likely N-dealkylation sites (N-methyl/N-ethyl adjacent to an activating group) is 1. The lowest BCUT2D eigenvalue weighted by atomic mass is 10.0. The molecule has 2 aliphatic rings. The Bertz CT molecular complexity index is 1230. The lowest BCUT2D eigenvalue weighted by molar-refractivity contribution is 0.145. The van der Waals surface area contributed by atoms with Gasteiger partial charge in [0, 0.05) is 70.2 Å². The first-order chi connectivity index (χ1) is 18.0. The van der Waals surface area contributed by atoms with E-state index in [-0.39, 0.29) is 6.17 Å². The maximum Gasteiger partial charge on any atom is 0.125 e. The molecular weight excluding hydrogens is 460 g/mol. The van der Waals surface area contributed by atoms with Gasteiger partial charge in [0.05, 0.1) is 22.8 Å². The van der Waals surface area contributed by atoms with Crippen molar-refractivity contribution in [1.29, 1.82) is 0 Å². The topological polar surface area (TPSA) is 91.6 Å². The van der Waals surface area contributed by atoms with Crippen molar-refractivity contribution in [2.45, 2.75) is 32.0 Å². The van der Waals surface area contributed by atoms with E-state index in [1.165, 1.54) is 11.3 Å². The summed E-state index contributed by atoms with van der Waals surface area (Å²) in [4.78, 5) is 12.5. The number of rotatable bonds is 8. The highest BCUT2D eigenvalue weighted by Gasteiger charge is 2.29. The van der Waals surface area contributed by atoms with Crippen molar-refractivity contribution in [2.75, 3.05) is 57.0 Å². The normalized spacial score (nSPS) is 19.4. The second kappa shape index (κ2) is 11.0. The molecule has 2 unspecified atom stereocenters. The summed E-state index contributed by atoms with van der Waals surface area (Å²) < 4.78 is 2.12. The lowest BCUT2D eigenvalue weighted by Crippen LogP contribution is -2.45. The minimum atomic E-state index is 0.0989. The van der Waals surface area contributed by atoms with Crippen molar-refractivity contribution in [2.24, 2.45) is 11.5 Å². The molecule has 5 rings (SSSR count). The van der Waals surface area contributed by atoms with Crippen molar-refractivity contribution in [3.8, 4) is 11.3 Å². The van der Waals surface area contributed by atoms with Crippen LogP contribution in [-0.4, -0.2) is 66.2 Å². The first-order valence-electron chi connectivity index (χ1n) is 13.3. The fourth-order valence-corrected chi connectivity index (χ4v) is 5.62. The smallest absolute Gasteiger partial charge is 0.125 e. The molecule has 2 aliphatic heterocycles. The van der Waals surface area contributed by atoms with Crippen LogP contribution in [0.3, 0.4) is 0 Å². The van der Waals surface area contributed by atoms with Crippen molar-refractivity contribution in [3.05, 3.63) is 71.8 Å². The number of benzene rings is 2. The summed E-state index contributed by atoms with van der Waals surface area (Å²) in [5.41, 5.74) is 18.7. The fraction of sp³-hybridized carbons (Fsp3) is 0.414. The largest absolute Gasteiger partial charge is 0.403 e. The molecule has 196 valence electrons. The molecule has 0 spiro atoms. The van der Waals surface area contributed by atoms with Gasteiger partial charge in [-0.2, -0.15) is 0 Å². The molecule has 0 saturated carbocycles. The van der Waals surface area contributed by atoms with Gasteiger partial charge in [-0.25, -0.2) is 4.98 Å². The molecule has 3 heterocycles. The van der Waals surface area contributed by atoms with Gasteiger partial charge in [0.15, 0.2) is 0 Å². The monoisotopic (exact) mass is 500 g/mol. The average Bonchev–Trinajstić information content (AvgIpc) is 3.46. The van der Waals surface area contributed by atoms with E-state index >= 15 is 0 Å². The van der Waals surface area contributed by atoms with Crippen LogP contribution in [0.25, 0.3) is 17.5 Å². The van der Waals surface area contributed by atoms with E-state index in [0.29, 0.717) is 12.5 Å². The Kier molecular flexibility index (Phi) is 7.50. The molecule has 1 fully saturated rings. The van der Waals surface area contributed by atoms with E-state index in [1.807, 2.05) is 6.20 Å². The number of nitrogens with one attached hydrogen (secondary N) is 1. The fourth-order valence-electron chi connectivity index (χ4n) is 5.62. The third-order valence-electron chi connectivity index (χ3n) is 7.84. The summed E-state index contributed by atoms with van der Waals surface area (Å²) in [5.74, 6) is 1.33. The molecule has 8 heteroatoms. The van der Waals surface area contributed by atoms with Crippen molar-refractivity contribution in [3.63, 3.8) is 0 Å². The van der Waals surface area contributed by atoms with Crippen LogP contribution in [0.2, 0.25) is 0 Å². The van der Waals surface area contributed by atoms with E-state index in [2.05, 4.69) is 94.1 Å². The molecule has 0 amide bonds.